The van der Waals surface area contributed by atoms with E-state index in [-0.39, 0.29) is 12.0 Å². The predicted molar refractivity (Wildman–Crippen MR) is 72.2 cm³/mol. The summed E-state index contributed by atoms with van der Waals surface area (Å²) in [5.74, 6) is 1.20. The lowest BCUT2D eigenvalue weighted by Gasteiger charge is -2.06. The Hall–Kier alpha value is -2.46. The van der Waals surface area contributed by atoms with E-state index >= 15 is 0 Å². The van der Waals surface area contributed by atoms with Gasteiger partial charge in [0.1, 0.15) is 6.07 Å². The zero-order valence-corrected chi connectivity index (χ0v) is 11.2. The van der Waals surface area contributed by atoms with Crippen LogP contribution in [0.15, 0.2) is 18.3 Å². The molecule has 2 aromatic heterocycles. The second-order valence-electron chi connectivity index (χ2n) is 3.55. The SMILES string of the molecule is CC.C[C@H](N)c1nc(N)nn1-c1ccc(C#N)cn1. The van der Waals surface area contributed by atoms with Crippen molar-refractivity contribution in [2.24, 2.45) is 5.73 Å². The van der Waals surface area contributed by atoms with E-state index in [9.17, 15) is 0 Å². The van der Waals surface area contributed by atoms with E-state index in [2.05, 4.69) is 15.1 Å². The van der Waals surface area contributed by atoms with Crippen molar-refractivity contribution >= 4 is 5.95 Å². The van der Waals surface area contributed by atoms with Gasteiger partial charge in [0.05, 0.1) is 11.6 Å². The van der Waals surface area contributed by atoms with Gasteiger partial charge in [-0.25, -0.2) is 4.98 Å². The Morgan fingerprint density at radius 2 is 2.05 bits per heavy atom. The van der Waals surface area contributed by atoms with E-state index in [0.717, 1.165) is 0 Å². The van der Waals surface area contributed by atoms with Crippen LogP contribution in [0.1, 0.15) is 38.2 Å². The van der Waals surface area contributed by atoms with E-state index in [4.69, 9.17) is 16.7 Å². The molecule has 2 aromatic rings. The summed E-state index contributed by atoms with van der Waals surface area (Å²) < 4.78 is 1.47. The van der Waals surface area contributed by atoms with Crippen molar-refractivity contribution in [3.63, 3.8) is 0 Å². The Balaban J connectivity index is 0.000000861. The number of nitrogens with two attached hydrogens (primary N) is 2. The van der Waals surface area contributed by atoms with Gasteiger partial charge in [0.25, 0.3) is 0 Å². The number of anilines is 1. The number of aromatic nitrogens is 4. The molecule has 2 rings (SSSR count). The van der Waals surface area contributed by atoms with E-state index in [1.54, 1.807) is 19.1 Å². The fourth-order valence-electron chi connectivity index (χ4n) is 1.38. The minimum atomic E-state index is -0.308. The second-order valence-corrected chi connectivity index (χ2v) is 3.55. The molecule has 19 heavy (non-hydrogen) atoms. The average molecular weight is 259 g/mol. The van der Waals surface area contributed by atoms with Crippen LogP contribution in [0, 0.1) is 11.3 Å². The Morgan fingerprint density at radius 1 is 1.37 bits per heavy atom. The van der Waals surface area contributed by atoms with Crippen molar-refractivity contribution in [2.75, 3.05) is 5.73 Å². The molecule has 0 unspecified atom stereocenters. The largest absolute Gasteiger partial charge is 0.366 e. The van der Waals surface area contributed by atoms with Crippen molar-refractivity contribution in [3.05, 3.63) is 29.7 Å². The first-order valence-electron chi connectivity index (χ1n) is 5.96. The Bertz CT molecular complexity index is 563. The molecule has 0 saturated heterocycles. The molecule has 0 amide bonds. The van der Waals surface area contributed by atoms with Gasteiger partial charge in [-0.2, -0.15) is 14.9 Å². The summed E-state index contributed by atoms with van der Waals surface area (Å²) in [7, 11) is 0. The zero-order chi connectivity index (χ0) is 14.4. The van der Waals surface area contributed by atoms with Gasteiger partial charge >= 0.3 is 0 Å². The van der Waals surface area contributed by atoms with Gasteiger partial charge in [-0.3, -0.25) is 0 Å². The van der Waals surface area contributed by atoms with Crippen LogP contribution in [0.5, 0.6) is 0 Å². The number of nitrogen functional groups attached to an aromatic ring is 1. The number of hydrogen-bond donors (Lipinski definition) is 2. The third-order valence-electron chi connectivity index (χ3n) is 2.15. The molecular formula is C12H17N7. The molecule has 0 aliphatic heterocycles. The third-order valence-corrected chi connectivity index (χ3v) is 2.15. The van der Waals surface area contributed by atoms with Crippen LogP contribution < -0.4 is 11.5 Å². The summed E-state index contributed by atoms with van der Waals surface area (Å²) in [6.07, 6.45) is 1.46. The number of hydrogen-bond acceptors (Lipinski definition) is 6. The second kappa shape index (κ2) is 6.47. The Kier molecular flexibility index (Phi) is 4.97. The first-order valence-corrected chi connectivity index (χ1v) is 5.96. The summed E-state index contributed by atoms with van der Waals surface area (Å²) in [5, 5.41) is 12.7. The van der Waals surface area contributed by atoms with Crippen molar-refractivity contribution in [1.29, 1.82) is 5.26 Å². The number of nitriles is 1. The van der Waals surface area contributed by atoms with Gasteiger partial charge < -0.3 is 11.5 Å². The molecule has 100 valence electrons. The topological polar surface area (TPSA) is 119 Å². The van der Waals surface area contributed by atoms with Gasteiger partial charge in [-0.05, 0) is 19.1 Å². The maximum Gasteiger partial charge on any atom is 0.240 e. The van der Waals surface area contributed by atoms with Crippen LogP contribution in [0.2, 0.25) is 0 Å². The van der Waals surface area contributed by atoms with Crippen LogP contribution in [0.25, 0.3) is 5.82 Å². The summed E-state index contributed by atoms with van der Waals surface area (Å²) in [6.45, 7) is 5.78. The minimum Gasteiger partial charge on any atom is -0.366 e. The van der Waals surface area contributed by atoms with Crippen molar-refractivity contribution in [3.8, 4) is 11.9 Å². The molecule has 0 bridgehead atoms. The molecular weight excluding hydrogens is 242 g/mol. The quantitative estimate of drug-likeness (QED) is 0.835. The Morgan fingerprint density at radius 3 is 2.53 bits per heavy atom. The van der Waals surface area contributed by atoms with Crippen LogP contribution >= 0.6 is 0 Å². The van der Waals surface area contributed by atoms with Crippen LogP contribution in [0.4, 0.5) is 5.95 Å². The molecule has 0 radical (unpaired) electrons. The number of nitrogens with zero attached hydrogens (tertiary/aromatic N) is 5. The van der Waals surface area contributed by atoms with Crippen LogP contribution in [-0.4, -0.2) is 19.7 Å². The molecule has 0 saturated carbocycles. The number of pyridine rings is 1. The normalized spacial score (nSPS) is 11.1. The lowest BCUT2D eigenvalue weighted by atomic mass is 10.3. The fraction of sp³-hybridized carbons (Fsp3) is 0.333. The fourth-order valence-corrected chi connectivity index (χ4v) is 1.38. The highest BCUT2D eigenvalue weighted by molar-refractivity contribution is 5.33. The lowest BCUT2D eigenvalue weighted by molar-refractivity contribution is 0.681. The third kappa shape index (κ3) is 3.26. The van der Waals surface area contributed by atoms with E-state index in [1.165, 1.54) is 10.9 Å². The molecule has 4 N–H and O–H groups in total. The highest BCUT2D eigenvalue weighted by atomic mass is 15.4. The van der Waals surface area contributed by atoms with E-state index < -0.39 is 0 Å². The maximum absolute atomic E-state index is 8.68. The molecule has 0 fully saturated rings. The van der Waals surface area contributed by atoms with Crippen molar-refractivity contribution in [1.82, 2.24) is 19.7 Å². The van der Waals surface area contributed by atoms with E-state index in [0.29, 0.717) is 17.2 Å². The van der Waals surface area contributed by atoms with Gasteiger partial charge in [0.15, 0.2) is 11.6 Å². The van der Waals surface area contributed by atoms with Crippen molar-refractivity contribution < 1.29 is 0 Å². The van der Waals surface area contributed by atoms with Gasteiger partial charge in [-0.15, -0.1) is 5.10 Å². The summed E-state index contributed by atoms with van der Waals surface area (Å²) in [5.41, 5.74) is 11.8. The summed E-state index contributed by atoms with van der Waals surface area (Å²) >= 11 is 0. The summed E-state index contributed by atoms with van der Waals surface area (Å²) in [4.78, 5) is 8.13. The van der Waals surface area contributed by atoms with Crippen molar-refractivity contribution in [2.45, 2.75) is 26.8 Å². The standard InChI is InChI=1S/C10H11N7.C2H6/c1-6(12)9-15-10(13)16-17(9)8-3-2-7(4-11)5-14-8;1-2/h2-3,5-6H,12H2,1H3,(H2,13,16);1-2H3/t6-;/m0./s1. The highest BCUT2D eigenvalue weighted by Crippen LogP contribution is 2.13. The van der Waals surface area contributed by atoms with Crippen LogP contribution in [0.3, 0.4) is 0 Å². The number of rotatable bonds is 2. The maximum atomic E-state index is 8.68. The predicted octanol–water partition coefficient (Wildman–Crippen LogP) is 1.16. The molecule has 0 spiro atoms. The van der Waals surface area contributed by atoms with Crippen LogP contribution in [-0.2, 0) is 0 Å². The monoisotopic (exact) mass is 259 g/mol. The first kappa shape index (κ1) is 14.6. The smallest absolute Gasteiger partial charge is 0.240 e. The molecule has 0 aliphatic carbocycles. The first-order chi connectivity index (χ1) is 9.11. The summed E-state index contributed by atoms with van der Waals surface area (Å²) in [6, 6.07) is 4.99. The molecule has 7 heteroatoms. The molecule has 1 atom stereocenters. The highest BCUT2D eigenvalue weighted by Gasteiger charge is 2.14. The molecule has 2 heterocycles. The van der Waals surface area contributed by atoms with E-state index in [1.807, 2.05) is 19.9 Å². The zero-order valence-electron chi connectivity index (χ0n) is 11.2. The average Bonchev–Trinajstić information content (AvgIpc) is 2.83. The van der Waals surface area contributed by atoms with Gasteiger partial charge in [-0.1, -0.05) is 13.8 Å². The molecule has 0 aromatic carbocycles. The minimum absolute atomic E-state index is 0.142. The van der Waals surface area contributed by atoms with Gasteiger partial charge in [0.2, 0.25) is 5.95 Å². The molecule has 7 nitrogen and oxygen atoms in total. The Labute approximate surface area is 111 Å². The van der Waals surface area contributed by atoms with Gasteiger partial charge in [0, 0.05) is 6.20 Å². The molecule has 0 aliphatic rings. The lowest BCUT2D eigenvalue weighted by Crippen LogP contribution is -2.14.